The van der Waals surface area contributed by atoms with Crippen LogP contribution in [-0.4, -0.2) is 25.4 Å². The molecule has 84 valence electrons. The van der Waals surface area contributed by atoms with Crippen molar-refractivity contribution in [2.24, 2.45) is 5.92 Å². The van der Waals surface area contributed by atoms with Gasteiger partial charge >= 0.3 is 0 Å². The minimum atomic E-state index is 0.169. The molecule has 3 heteroatoms. The molecule has 0 aliphatic heterocycles. The van der Waals surface area contributed by atoms with Crippen LogP contribution in [-0.2, 0) is 11.3 Å². The van der Waals surface area contributed by atoms with Crippen LogP contribution in [0.5, 0.6) is 5.75 Å². The Morgan fingerprint density at radius 3 is 2.47 bits per heavy atom. The molecule has 0 heterocycles. The molecule has 0 saturated carbocycles. The summed E-state index contributed by atoms with van der Waals surface area (Å²) in [5.41, 5.74) is 1.11. The second-order valence-electron chi connectivity index (χ2n) is 3.65. The van der Waals surface area contributed by atoms with E-state index in [4.69, 9.17) is 14.6 Å². The van der Waals surface area contributed by atoms with Crippen LogP contribution in [0.15, 0.2) is 24.3 Å². The molecule has 0 unspecified atom stereocenters. The molecular weight excluding hydrogens is 192 g/mol. The third-order valence-electron chi connectivity index (χ3n) is 2.14. The first-order valence-electron chi connectivity index (χ1n) is 5.07. The number of benzene rings is 1. The van der Waals surface area contributed by atoms with Gasteiger partial charge in [-0.1, -0.05) is 19.1 Å². The van der Waals surface area contributed by atoms with E-state index in [1.807, 2.05) is 31.2 Å². The third-order valence-corrected chi connectivity index (χ3v) is 2.14. The Balaban J connectivity index is 2.31. The summed E-state index contributed by atoms with van der Waals surface area (Å²) < 4.78 is 10.5. The maximum absolute atomic E-state index is 8.80. The Morgan fingerprint density at radius 1 is 1.27 bits per heavy atom. The van der Waals surface area contributed by atoms with Crippen molar-refractivity contribution < 1.29 is 14.6 Å². The highest BCUT2D eigenvalue weighted by Gasteiger charge is 2.00. The molecule has 15 heavy (non-hydrogen) atoms. The molecule has 0 fully saturated rings. The van der Waals surface area contributed by atoms with Gasteiger partial charge in [-0.15, -0.1) is 0 Å². The van der Waals surface area contributed by atoms with Gasteiger partial charge in [0.05, 0.1) is 20.3 Å². The van der Waals surface area contributed by atoms with E-state index in [1.165, 1.54) is 0 Å². The van der Waals surface area contributed by atoms with Crippen LogP contribution in [0.25, 0.3) is 0 Å². The lowest BCUT2D eigenvalue weighted by atomic mass is 10.2. The van der Waals surface area contributed by atoms with Gasteiger partial charge in [0.1, 0.15) is 5.75 Å². The lowest BCUT2D eigenvalue weighted by molar-refractivity contribution is 0.0696. The summed E-state index contributed by atoms with van der Waals surface area (Å²) in [5, 5.41) is 8.80. The van der Waals surface area contributed by atoms with Crippen molar-refractivity contribution in [2.75, 3.05) is 20.3 Å². The number of aliphatic hydroxyl groups excluding tert-OH is 1. The van der Waals surface area contributed by atoms with Crippen molar-refractivity contribution in [3.8, 4) is 5.75 Å². The SMILES string of the molecule is COc1ccc(COC[C@H](C)CO)cc1. The molecule has 0 amide bonds. The zero-order valence-corrected chi connectivity index (χ0v) is 9.27. The molecular formula is C12H18O3. The predicted octanol–water partition coefficient (Wildman–Crippen LogP) is 1.84. The normalized spacial score (nSPS) is 12.5. The molecule has 0 bridgehead atoms. The third kappa shape index (κ3) is 4.32. The van der Waals surface area contributed by atoms with Gasteiger partial charge in [0.25, 0.3) is 0 Å². The van der Waals surface area contributed by atoms with Crippen LogP contribution in [0.3, 0.4) is 0 Å². The quantitative estimate of drug-likeness (QED) is 0.778. The standard InChI is InChI=1S/C12H18O3/c1-10(7-13)8-15-9-11-3-5-12(14-2)6-4-11/h3-6,10,13H,7-9H2,1-2H3/t10-/m1/s1. The fourth-order valence-electron chi connectivity index (χ4n) is 1.15. The summed E-state index contributed by atoms with van der Waals surface area (Å²) in [7, 11) is 1.65. The van der Waals surface area contributed by atoms with E-state index >= 15 is 0 Å². The van der Waals surface area contributed by atoms with E-state index < -0.39 is 0 Å². The fourth-order valence-corrected chi connectivity index (χ4v) is 1.15. The van der Waals surface area contributed by atoms with Gasteiger partial charge in [-0.2, -0.15) is 0 Å². The largest absolute Gasteiger partial charge is 0.497 e. The number of ether oxygens (including phenoxy) is 2. The van der Waals surface area contributed by atoms with Crippen LogP contribution < -0.4 is 4.74 Å². The van der Waals surface area contributed by atoms with Gasteiger partial charge in [0, 0.05) is 12.5 Å². The number of hydrogen-bond acceptors (Lipinski definition) is 3. The fraction of sp³-hybridized carbons (Fsp3) is 0.500. The van der Waals surface area contributed by atoms with Gasteiger partial charge in [-0.05, 0) is 17.7 Å². The van der Waals surface area contributed by atoms with Gasteiger partial charge in [-0.25, -0.2) is 0 Å². The second-order valence-corrected chi connectivity index (χ2v) is 3.65. The maximum Gasteiger partial charge on any atom is 0.118 e. The molecule has 1 aromatic carbocycles. The molecule has 0 aliphatic carbocycles. The molecule has 0 saturated heterocycles. The Kier molecular flexibility index (Phi) is 5.15. The highest BCUT2D eigenvalue weighted by molar-refractivity contribution is 5.26. The molecule has 1 N–H and O–H groups in total. The van der Waals surface area contributed by atoms with Gasteiger partial charge in [0.15, 0.2) is 0 Å². The first kappa shape index (κ1) is 12.0. The topological polar surface area (TPSA) is 38.7 Å². The Hall–Kier alpha value is -1.06. The number of aliphatic hydroxyl groups is 1. The highest BCUT2D eigenvalue weighted by atomic mass is 16.5. The molecule has 3 nitrogen and oxygen atoms in total. The van der Waals surface area contributed by atoms with Crippen molar-refractivity contribution >= 4 is 0 Å². The van der Waals surface area contributed by atoms with Crippen molar-refractivity contribution in [2.45, 2.75) is 13.5 Å². The number of methoxy groups -OCH3 is 1. The Labute approximate surface area is 90.6 Å². The maximum atomic E-state index is 8.80. The zero-order chi connectivity index (χ0) is 11.1. The van der Waals surface area contributed by atoms with Crippen molar-refractivity contribution in [3.63, 3.8) is 0 Å². The smallest absolute Gasteiger partial charge is 0.118 e. The average molecular weight is 210 g/mol. The number of rotatable bonds is 6. The molecule has 0 aromatic heterocycles. The van der Waals surface area contributed by atoms with E-state index in [-0.39, 0.29) is 12.5 Å². The van der Waals surface area contributed by atoms with Gasteiger partial charge < -0.3 is 14.6 Å². The zero-order valence-electron chi connectivity index (χ0n) is 9.27. The van der Waals surface area contributed by atoms with Gasteiger partial charge in [-0.3, -0.25) is 0 Å². The molecule has 0 aliphatic rings. The lowest BCUT2D eigenvalue weighted by Crippen LogP contribution is -2.09. The molecule has 0 radical (unpaired) electrons. The summed E-state index contributed by atoms with van der Waals surface area (Å²) in [5.74, 6) is 1.05. The minimum Gasteiger partial charge on any atom is -0.497 e. The highest BCUT2D eigenvalue weighted by Crippen LogP contribution is 2.12. The number of hydrogen-bond donors (Lipinski definition) is 1. The predicted molar refractivity (Wildman–Crippen MR) is 58.9 cm³/mol. The lowest BCUT2D eigenvalue weighted by Gasteiger charge is -2.09. The Bertz CT molecular complexity index is 269. The monoisotopic (exact) mass is 210 g/mol. The van der Waals surface area contributed by atoms with Gasteiger partial charge in [0.2, 0.25) is 0 Å². The van der Waals surface area contributed by atoms with Crippen molar-refractivity contribution in [1.29, 1.82) is 0 Å². The second kappa shape index (κ2) is 6.43. The van der Waals surface area contributed by atoms with E-state index in [9.17, 15) is 0 Å². The Morgan fingerprint density at radius 2 is 1.93 bits per heavy atom. The van der Waals surface area contributed by atoms with E-state index in [2.05, 4.69) is 0 Å². The summed E-state index contributed by atoms with van der Waals surface area (Å²) in [4.78, 5) is 0. The minimum absolute atomic E-state index is 0.169. The molecule has 1 aromatic rings. The first-order chi connectivity index (χ1) is 7.26. The van der Waals surface area contributed by atoms with Crippen LogP contribution in [0.4, 0.5) is 0 Å². The van der Waals surface area contributed by atoms with Crippen molar-refractivity contribution in [3.05, 3.63) is 29.8 Å². The van der Waals surface area contributed by atoms with E-state index in [0.717, 1.165) is 11.3 Å². The average Bonchev–Trinajstić information content (AvgIpc) is 2.29. The molecule has 1 rings (SSSR count). The van der Waals surface area contributed by atoms with Crippen LogP contribution in [0.1, 0.15) is 12.5 Å². The molecule has 1 atom stereocenters. The van der Waals surface area contributed by atoms with E-state index in [1.54, 1.807) is 7.11 Å². The van der Waals surface area contributed by atoms with Crippen LogP contribution in [0, 0.1) is 5.92 Å². The summed E-state index contributed by atoms with van der Waals surface area (Å²) in [6.45, 7) is 3.29. The van der Waals surface area contributed by atoms with Crippen molar-refractivity contribution in [1.82, 2.24) is 0 Å². The van der Waals surface area contributed by atoms with Crippen LogP contribution >= 0.6 is 0 Å². The summed E-state index contributed by atoms with van der Waals surface area (Å²) >= 11 is 0. The first-order valence-corrected chi connectivity index (χ1v) is 5.07. The summed E-state index contributed by atoms with van der Waals surface area (Å²) in [6, 6.07) is 7.77. The molecule has 0 spiro atoms. The van der Waals surface area contributed by atoms with Crippen LogP contribution in [0.2, 0.25) is 0 Å². The summed E-state index contributed by atoms with van der Waals surface area (Å²) in [6.07, 6.45) is 0. The van der Waals surface area contributed by atoms with E-state index in [0.29, 0.717) is 13.2 Å².